The standard InChI is InChI=1S/C26H22ClF5N4O2Si/c1-39(2,3)7-6-38-13-36-12-20(35-25(36)26(30,31)32)22-17(28)9-19-23(24(22)29)21(37)10-18(34-19)15-8-14(11-33)4-5-16(15)27/h4-5,8-10,12H,6-7,13H2,1-3H3,(H,34,37). The Morgan fingerprint density at radius 1 is 1.18 bits per heavy atom. The predicted molar refractivity (Wildman–Crippen MR) is 140 cm³/mol. The number of rotatable bonds is 7. The van der Waals surface area contributed by atoms with Gasteiger partial charge in [-0.05, 0) is 30.3 Å². The van der Waals surface area contributed by atoms with Crippen LogP contribution in [-0.2, 0) is 17.6 Å². The predicted octanol–water partition coefficient (Wildman–Crippen LogP) is 7.19. The van der Waals surface area contributed by atoms with Crippen molar-refractivity contribution in [3.8, 4) is 28.6 Å². The van der Waals surface area contributed by atoms with Crippen molar-refractivity contribution in [1.29, 1.82) is 5.26 Å². The maximum atomic E-state index is 15.6. The van der Waals surface area contributed by atoms with Crippen LogP contribution in [-0.4, -0.2) is 29.2 Å². The second kappa shape index (κ2) is 10.6. The number of halogens is 6. The molecule has 0 spiro atoms. The zero-order valence-electron chi connectivity index (χ0n) is 21.0. The SMILES string of the molecule is C[Si](C)(C)CCOCn1cc(-c2c(F)cc3[nH]c(-c4cc(C#N)ccc4Cl)cc(=O)c3c2F)nc1C(F)(F)F. The Kier molecular flexibility index (Phi) is 7.71. The van der Waals surface area contributed by atoms with E-state index in [2.05, 4.69) is 29.6 Å². The van der Waals surface area contributed by atoms with Crippen LogP contribution in [0, 0.1) is 23.0 Å². The zero-order valence-corrected chi connectivity index (χ0v) is 22.8. The number of pyridine rings is 1. The van der Waals surface area contributed by atoms with Gasteiger partial charge in [0.25, 0.3) is 0 Å². The molecule has 0 atom stereocenters. The Morgan fingerprint density at radius 3 is 2.54 bits per heavy atom. The first-order chi connectivity index (χ1) is 18.2. The molecule has 0 radical (unpaired) electrons. The molecule has 13 heteroatoms. The Balaban J connectivity index is 1.80. The fourth-order valence-corrected chi connectivity index (χ4v) is 4.90. The number of alkyl halides is 3. The van der Waals surface area contributed by atoms with Crippen molar-refractivity contribution in [3.63, 3.8) is 0 Å². The van der Waals surface area contributed by atoms with Crippen molar-refractivity contribution in [2.24, 2.45) is 0 Å². The minimum atomic E-state index is -4.92. The lowest BCUT2D eigenvalue weighted by atomic mass is 10.0. The summed E-state index contributed by atoms with van der Waals surface area (Å²) in [6, 6.07) is 8.76. The van der Waals surface area contributed by atoms with Crippen molar-refractivity contribution in [1.82, 2.24) is 14.5 Å². The monoisotopic (exact) mass is 580 g/mol. The van der Waals surface area contributed by atoms with Crippen LogP contribution in [0.4, 0.5) is 22.0 Å². The van der Waals surface area contributed by atoms with Crippen molar-refractivity contribution in [2.45, 2.75) is 38.6 Å². The summed E-state index contributed by atoms with van der Waals surface area (Å²) in [5.41, 5.74) is -2.05. The average Bonchev–Trinajstić information content (AvgIpc) is 3.25. The molecule has 0 aliphatic rings. The highest BCUT2D eigenvalue weighted by Gasteiger charge is 2.38. The van der Waals surface area contributed by atoms with Crippen LogP contribution in [0.5, 0.6) is 0 Å². The number of fused-ring (bicyclic) bond motifs is 1. The summed E-state index contributed by atoms with van der Waals surface area (Å²) >= 11 is 6.19. The number of aromatic amines is 1. The minimum absolute atomic E-state index is 0.0975. The summed E-state index contributed by atoms with van der Waals surface area (Å²) in [6.07, 6.45) is -4.08. The topological polar surface area (TPSA) is 83.7 Å². The van der Waals surface area contributed by atoms with E-state index in [1.807, 2.05) is 6.07 Å². The molecule has 204 valence electrons. The second-order valence-corrected chi connectivity index (χ2v) is 16.1. The van der Waals surface area contributed by atoms with Gasteiger partial charge < -0.3 is 14.3 Å². The highest BCUT2D eigenvalue weighted by Crippen LogP contribution is 2.35. The Labute approximate surface area is 225 Å². The first-order valence-electron chi connectivity index (χ1n) is 11.7. The molecule has 0 aliphatic heterocycles. The maximum absolute atomic E-state index is 15.6. The summed E-state index contributed by atoms with van der Waals surface area (Å²) in [4.78, 5) is 19.1. The molecule has 0 saturated carbocycles. The van der Waals surface area contributed by atoms with E-state index in [0.29, 0.717) is 10.6 Å². The fourth-order valence-electron chi connectivity index (χ4n) is 3.93. The number of H-pyrrole nitrogens is 1. The van der Waals surface area contributed by atoms with Gasteiger partial charge in [-0.25, -0.2) is 13.8 Å². The minimum Gasteiger partial charge on any atom is -0.361 e. The summed E-state index contributed by atoms with van der Waals surface area (Å²) in [7, 11) is -1.50. The van der Waals surface area contributed by atoms with Crippen LogP contribution in [0.15, 0.2) is 41.3 Å². The molecule has 0 amide bonds. The average molecular weight is 581 g/mol. The van der Waals surface area contributed by atoms with Gasteiger partial charge in [0, 0.05) is 37.5 Å². The molecule has 2 heterocycles. The number of aromatic nitrogens is 3. The van der Waals surface area contributed by atoms with Crippen molar-refractivity contribution in [2.75, 3.05) is 6.61 Å². The molecule has 6 nitrogen and oxygen atoms in total. The van der Waals surface area contributed by atoms with Gasteiger partial charge in [-0.1, -0.05) is 31.2 Å². The molecule has 1 N–H and O–H groups in total. The first kappa shape index (κ1) is 28.5. The third-order valence-corrected chi connectivity index (χ3v) is 7.94. The zero-order chi connectivity index (χ0) is 28.7. The number of ether oxygens (including phenoxy) is 1. The highest BCUT2D eigenvalue weighted by molar-refractivity contribution is 6.76. The van der Waals surface area contributed by atoms with Crippen LogP contribution in [0.2, 0.25) is 30.7 Å². The molecular formula is C26H22ClF5N4O2Si. The van der Waals surface area contributed by atoms with E-state index in [0.717, 1.165) is 18.3 Å². The molecular weight excluding hydrogens is 559 g/mol. The highest BCUT2D eigenvalue weighted by atomic mass is 35.5. The van der Waals surface area contributed by atoms with Gasteiger partial charge in [-0.15, -0.1) is 0 Å². The molecule has 0 aliphatic carbocycles. The lowest BCUT2D eigenvalue weighted by molar-refractivity contribution is -0.149. The van der Waals surface area contributed by atoms with Gasteiger partial charge in [0.15, 0.2) is 5.43 Å². The molecule has 0 bridgehead atoms. The van der Waals surface area contributed by atoms with Crippen molar-refractivity contribution < 1.29 is 26.7 Å². The molecule has 0 fully saturated rings. The molecule has 2 aromatic heterocycles. The quantitative estimate of drug-likeness (QED) is 0.142. The third kappa shape index (κ3) is 6.05. The Morgan fingerprint density at radius 2 is 1.90 bits per heavy atom. The molecule has 4 rings (SSSR count). The van der Waals surface area contributed by atoms with E-state index >= 15 is 8.78 Å². The lowest BCUT2D eigenvalue weighted by Crippen LogP contribution is -2.22. The summed E-state index contributed by atoms with van der Waals surface area (Å²) in [5, 5.41) is 8.76. The summed E-state index contributed by atoms with van der Waals surface area (Å²) in [6.45, 7) is 5.95. The lowest BCUT2D eigenvalue weighted by Gasteiger charge is -2.16. The smallest absolute Gasteiger partial charge is 0.361 e. The van der Waals surface area contributed by atoms with Gasteiger partial charge in [0.1, 0.15) is 18.4 Å². The van der Waals surface area contributed by atoms with Crippen LogP contribution >= 0.6 is 11.6 Å². The van der Waals surface area contributed by atoms with Gasteiger partial charge in [-0.2, -0.15) is 18.4 Å². The van der Waals surface area contributed by atoms with Crippen LogP contribution in [0.1, 0.15) is 11.4 Å². The summed E-state index contributed by atoms with van der Waals surface area (Å²) in [5.74, 6) is -3.99. The van der Waals surface area contributed by atoms with Gasteiger partial charge in [0.05, 0.1) is 39.5 Å². The van der Waals surface area contributed by atoms with Crippen LogP contribution in [0.25, 0.3) is 33.4 Å². The fraction of sp³-hybridized carbons (Fsp3) is 0.269. The van der Waals surface area contributed by atoms with Crippen molar-refractivity contribution >= 4 is 30.6 Å². The van der Waals surface area contributed by atoms with E-state index in [9.17, 15) is 18.0 Å². The van der Waals surface area contributed by atoms with E-state index in [1.54, 1.807) is 0 Å². The van der Waals surface area contributed by atoms with E-state index in [-0.39, 0.29) is 34.0 Å². The number of nitrogens with zero attached hydrogens (tertiary/aromatic N) is 3. The number of benzene rings is 2. The first-order valence-corrected chi connectivity index (χ1v) is 15.8. The molecule has 4 aromatic rings. The third-order valence-electron chi connectivity index (χ3n) is 5.91. The van der Waals surface area contributed by atoms with E-state index < -0.39 is 60.5 Å². The van der Waals surface area contributed by atoms with Crippen LogP contribution < -0.4 is 5.43 Å². The van der Waals surface area contributed by atoms with Gasteiger partial charge >= 0.3 is 6.18 Å². The maximum Gasteiger partial charge on any atom is 0.449 e. The largest absolute Gasteiger partial charge is 0.449 e. The number of nitriles is 1. The number of hydrogen-bond acceptors (Lipinski definition) is 4. The normalized spacial score (nSPS) is 12.2. The summed E-state index contributed by atoms with van der Waals surface area (Å²) < 4.78 is 77.9. The number of nitrogens with one attached hydrogen (secondary N) is 1. The van der Waals surface area contributed by atoms with E-state index in [1.165, 1.54) is 18.2 Å². The molecule has 0 unspecified atom stereocenters. The van der Waals surface area contributed by atoms with E-state index in [4.69, 9.17) is 21.6 Å². The molecule has 39 heavy (non-hydrogen) atoms. The molecule has 2 aromatic carbocycles. The molecule has 0 saturated heterocycles. The second-order valence-electron chi connectivity index (χ2n) is 10.1. The van der Waals surface area contributed by atoms with Crippen molar-refractivity contribution in [3.05, 3.63) is 74.8 Å². The van der Waals surface area contributed by atoms with Gasteiger partial charge in [0.2, 0.25) is 5.82 Å². The van der Waals surface area contributed by atoms with Gasteiger partial charge in [-0.3, -0.25) is 4.79 Å². The number of imidazole rings is 1. The number of hydrogen-bond donors (Lipinski definition) is 1. The Bertz CT molecular complexity index is 1670. The van der Waals surface area contributed by atoms with Crippen LogP contribution in [0.3, 0.4) is 0 Å². The Hall–Kier alpha value is -3.53.